The smallest absolute Gasteiger partial charge is 0.144 e. The number of amidine groups is 1. The highest BCUT2D eigenvalue weighted by Crippen LogP contribution is 2.02. The van der Waals surface area contributed by atoms with Gasteiger partial charge in [-0.2, -0.15) is 0 Å². The fraction of sp³-hybridized carbons (Fsp3) is 0.400. The molecule has 70 valence electrons. The summed E-state index contributed by atoms with van der Waals surface area (Å²) in [6.45, 7) is 4.82. The van der Waals surface area contributed by atoms with E-state index in [1.54, 1.807) is 6.20 Å². The number of aryl methyl sites for hydroxylation is 1. The molecular formula is C10H15N3. The second-order valence-electron chi connectivity index (χ2n) is 2.94. The normalized spacial score (nSPS) is 11.7. The van der Waals surface area contributed by atoms with Crippen molar-refractivity contribution in [2.45, 2.75) is 20.3 Å². The summed E-state index contributed by atoms with van der Waals surface area (Å²) in [4.78, 5) is 8.38. The van der Waals surface area contributed by atoms with Gasteiger partial charge in [0.2, 0.25) is 0 Å². The van der Waals surface area contributed by atoms with Gasteiger partial charge in [-0.3, -0.25) is 9.98 Å². The van der Waals surface area contributed by atoms with Crippen LogP contribution in [0.3, 0.4) is 0 Å². The van der Waals surface area contributed by atoms with Gasteiger partial charge in [0.1, 0.15) is 11.5 Å². The Hall–Kier alpha value is -1.38. The third-order valence-corrected chi connectivity index (χ3v) is 1.76. The Bertz CT molecular complexity index is 305. The summed E-state index contributed by atoms with van der Waals surface area (Å²) in [7, 11) is 0. The number of rotatable bonds is 3. The molecule has 0 unspecified atom stereocenters. The Morgan fingerprint density at radius 1 is 1.62 bits per heavy atom. The molecule has 0 aromatic carbocycles. The summed E-state index contributed by atoms with van der Waals surface area (Å²) in [5.74, 6) is 0.542. The molecule has 0 aliphatic carbocycles. The number of hydrogen-bond acceptors (Lipinski definition) is 2. The second-order valence-corrected chi connectivity index (χ2v) is 2.94. The lowest BCUT2D eigenvalue weighted by Gasteiger charge is -2.02. The maximum Gasteiger partial charge on any atom is 0.144 e. The van der Waals surface area contributed by atoms with Crippen LogP contribution >= 0.6 is 0 Å². The number of aliphatic imine (C=N–C) groups is 1. The molecule has 0 atom stereocenters. The molecule has 2 N–H and O–H groups in total. The minimum absolute atomic E-state index is 0.542. The molecule has 1 aromatic heterocycles. The van der Waals surface area contributed by atoms with Crippen LogP contribution < -0.4 is 5.73 Å². The standard InChI is InChI=1S/C10H15N3/c1-3-6-13-10(11)9-8(2)5-4-7-12-9/h4-5,7H,3,6H2,1-2H3,(H2,11,13). The lowest BCUT2D eigenvalue weighted by molar-refractivity contribution is 0.928. The van der Waals surface area contributed by atoms with Gasteiger partial charge in [-0.15, -0.1) is 0 Å². The van der Waals surface area contributed by atoms with Crippen molar-refractivity contribution in [1.29, 1.82) is 0 Å². The van der Waals surface area contributed by atoms with Gasteiger partial charge in [-0.05, 0) is 25.0 Å². The number of aromatic nitrogens is 1. The maximum absolute atomic E-state index is 5.77. The van der Waals surface area contributed by atoms with Crippen LogP contribution in [-0.4, -0.2) is 17.4 Å². The van der Waals surface area contributed by atoms with Crippen molar-refractivity contribution in [3.05, 3.63) is 29.6 Å². The highest BCUT2D eigenvalue weighted by atomic mass is 14.9. The van der Waals surface area contributed by atoms with Crippen molar-refractivity contribution < 1.29 is 0 Å². The SMILES string of the molecule is CCCN=C(N)c1ncccc1C. The Morgan fingerprint density at radius 3 is 3.00 bits per heavy atom. The van der Waals surface area contributed by atoms with E-state index in [0.717, 1.165) is 24.2 Å². The number of nitrogens with zero attached hydrogens (tertiary/aromatic N) is 2. The summed E-state index contributed by atoms with van der Waals surface area (Å²) in [5.41, 5.74) is 7.64. The first-order chi connectivity index (χ1) is 6.25. The van der Waals surface area contributed by atoms with E-state index in [1.165, 1.54) is 0 Å². The Labute approximate surface area is 78.7 Å². The fourth-order valence-electron chi connectivity index (χ4n) is 1.06. The highest BCUT2D eigenvalue weighted by molar-refractivity contribution is 5.96. The molecule has 0 saturated carbocycles. The monoisotopic (exact) mass is 177 g/mol. The summed E-state index contributed by atoms with van der Waals surface area (Å²) < 4.78 is 0. The third kappa shape index (κ3) is 2.54. The van der Waals surface area contributed by atoms with Gasteiger partial charge >= 0.3 is 0 Å². The summed E-state index contributed by atoms with van der Waals surface area (Å²) in [6.07, 6.45) is 2.74. The molecule has 0 saturated heterocycles. The molecule has 0 radical (unpaired) electrons. The Balaban J connectivity index is 2.88. The summed E-state index contributed by atoms with van der Waals surface area (Å²) >= 11 is 0. The van der Waals surface area contributed by atoms with Crippen molar-refractivity contribution in [3.63, 3.8) is 0 Å². The van der Waals surface area contributed by atoms with Crippen LogP contribution in [0.15, 0.2) is 23.3 Å². The lowest BCUT2D eigenvalue weighted by Crippen LogP contribution is -2.17. The molecule has 0 aliphatic rings. The maximum atomic E-state index is 5.77. The molecule has 3 heteroatoms. The van der Waals surface area contributed by atoms with Crippen molar-refractivity contribution in [3.8, 4) is 0 Å². The van der Waals surface area contributed by atoms with E-state index >= 15 is 0 Å². The van der Waals surface area contributed by atoms with Gasteiger partial charge in [-0.1, -0.05) is 13.0 Å². The van der Waals surface area contributed by atoms with E-state index in [2.05, 4.69) is 16.9 Å². The van der Waals surface area contributed by atoms with Crippen LogP contribution in [0, 0.1) is 6.92 Å². The average molecular weight is 177 g/mol. The number of pyridine rings is 1. The van der Waals surface area contributed by atoms with Gasteiger partial charge in [0.15, 0.2) is 0 Å². The minimum atomic E-state index is 0.542. The fourth-order valence-corrected chi connectivity index (χ4v) is 1.06. The summed E-state index contributed by atoms with van der Waals surface area (Å²) in [6, 6.07) is 3.88. The van der Waals surface area contributed by atoms with Crippen LogP contribution in [0.2, 0.25) is 0 Å². The number of nitrogens with two attached hydrogens (primary N) is 1. The largest absolute Gasteiger partial charge is 0.382 e. The van der Waals surface area contributed by atoms with Gasteiger partial charge in [0.25, 0.3) is 0 Å². The van der Waals surface area contributed by atoms with Gasteiger partial charge < -0.3 is 5.73 Å². The Kier molecular flexibility index (Phi) is 3.43. The van der Waals surface area contributed by atoms with E-state index in [1.807, 2.05) is 19.1 Å². The zero-order chi connectivity index (χ0) is 9.68. The van der Waals surface area contributed by atoms with E-state index in [9.17, 15) is 0 Å². The van der Waals surface area contributed by atoms with Crippen LogP contribution in [-0.2, 0) is 0 Å². The quantitative estimate of drug-likeness (QED) is 0.562. The van der Waals surface area contributed by atoms with Crippen LogP contribution in [0.1, 0.15) is 24.6 Å². The second kappa shape index (κ2) is 4.60. The van der Waals surface area contributed by atoms with Gasteiger partial charge in [0, 0.05) is 12.7 Å². The third-order valence-electron chi connectivity index (χ3n) is 1.76. The molecule has 1 rings (SSSR count). The van der Waals surface area contributed by atoms with Crippen molar-refractivity contribution in [2.24, 2.45) is 10.7 Å². The highest BCUT2D eigenvalue weighted by Gasteiger charge is 2.01. The topological polar surface area (TPSA) is 51.3 Å². The molecular weight excluding hydrogens is 162 g/mol. The Morgan fingerprint density at radius 2 is 2.38 bits per heavy atom. The molecule has 0 amide bonds. The van der Waals surface area contributed by atoms with E-state index in [4.69, 9.17) is 5.73 Å². The zero-order valence-corrected chi connectivity index (χ0v) is 8.12. The van der Waals surface area contributed by atoms with Gasteiger partial charge in [0.05, 0.1) is 0 Å². The minimum Gasteiger partial charge on any atom is -0.382 e. The molecule has 0 aliphatic heterocycles. The molecule has 1 aromatic rings. The van der Waals surface area contributed by atoms with E-state index in [-0.39, 0.29) is 0 Å². The predicted octanol–water partition coefficient (Wildman–Crippen LogP) is 1.51. The lowest BCUT2D eigenvalue weighted by atomic mass is 10.2. The van der Waals surface area contributed by atoms with Crippen molar-refractivity contribution in [2.75, 3.05) is 6.54 Å². The summed E-state index contributed by atoms with van der Waals surface area (Å²) in [5, 5.41) is 0. The van der Waals surface area contributed by atoms with Gasteiger partial charge in [-0.25, -0.2) is 0 Å². The van der Waals surface area contributed by atoms with Crippen molar-refractivity contribution >= 4 is 5.84 Å². The van der Waals surface area contributed by atoms with Crippen LogP contribution in [0.4, 0.5) is 0 Å². The van der Waals surface area contributed by atoms with E-state index in [0.29, 0.717) is 5.84 Å². The molecule has 1 heterocycles. The zero-order valence-electron chi connectivity index (χ0n) is 8.12. The molecule has 3 nitrogen and oxygen atoms in total. The predicted molar refractivity (Wildman–Crippen MR) is 54.9 cm³/mol. The molecule has 0 spiro atoms. The first kappa shape index (κ1) is 9.71. The van der Waals surface area contributed by atoms with Crippen LogP contribution in [0.25, 0.3) is 0 Å². The van der Waals surface area contributed by atoms with Crippen LogP contribution in [0.5, 0.6) is 0 Å². The average Bonchev–Trinajstić information content (AvgIpc) is 2.15. The molecule has 0 bridgehead atoms. The molecule has 0 fully saturated rings. The number of hydrogen-bond donors (Lipinski definition) is 1. The molecule has 13 heavy (non-hydrogen) atoms. The van der Waals surface area contributed by atoms with E-state index < -0.39 is 0 Å². The first-order valence-corrected chi connectivity index (χ1v) is 4.47. The first-order valence-electron chi connectivity index (χ1n) is 4.47. The van der Waals surface area contributed by atoms with Crippen molar-refractivity contribution in [1.82, 2.24) is 4.98 Å².